The van der Waals surface area contributed by atoms with Crippen molar-refractivity contribution in [1.29, 1.82) is 0 Å². The normalized spacial score (nSPS) is 17.0. The van der Waals surface area contributed by atoms with E-state index in [9.17, 15) is 14.4 Å². The van der Waals surface area contributed by atoms with Gasteiger partial charge in [-0.2, -0.15) is 0 Å². The molecule has 3 amide bonds. The van der Waals surface area contributed by atoms with E-state index in [2.05, 4.69) is 37.6 Å². The standard InChI is InChI=1S/C21H24BrN5O3/c1-2-25-13-23-24-19(25)14-7-10-26(11-8-14)18(28)4-3-9-27-20(29)16-6-5-15(22)12-17(16)21(27)30/h5-6,12-14H,2-4,7-11H2,1H3. The number of benzene rings is 1. The van der Waals surface area contributed by atoms with Crippen LogP contribution in [0.15, 0.2) is 29.0 Å². The van der Waals surface area contributed by atoms with Crippen molar-refractivity contribution in [1.82, 2.24) is 24.6 Å². The molecule has 1 fully saturated rings. The van der Waals surface area contributed by atoms with Crippen molar-refractivity contribution >= 4 is 33.7 Å². The van der Waals surface area contributed by atoms with Gasteiger partial charge in [-0.05, 0) is 44.4 Å². The lowest BCUT2D eigenvalue weighted by molar-refractivity contribution is -0.132. The number of halogens is 1. The summed E-state index contributed by atoms with van der Waals surface area (Å²) >= 11 is 3.33. The number of imide groups is 1. The molecule has 2 aliphatic rings. The third-order valence-electron chi connectivity index (χ3n) is 5.90. The highest BCUT2D eigenvalue weighted by atomic mass is 79.9. The minimum atomic E-state index is -0.287. The molecular formula is C21H24BrN5O3. The van der Waals surface area contributed by atoms with Crippen molar-refractivity contribution in [2.75, 3.05) is 19.6 Å². The number of amides is 3. The summed E-state index contributed by atoms with van der Waals surface area (Å²) in [7, 11) is 0. The molecule has 2 aromatic rings. The summed E-state index contributed by atoms with van der Waals surface area (Å²) in [6.07, 6.45) is 4.29. The van der Waals surface area contributed by atoms with Gasteiger partial charge in [0.25, 0.3) is 11.8 Å². The average Bonchev–Trinajstić information content (AvgIpc) is 3.32. The van der Waals surface area contributed by atoms with Crippen LogP contribution in [-0.2, 0) is 11.3 Å². The summed E-state index contributed by atoms with van der Waals surface area (Å²) in [5, 5.41) is 8.25. The largest absolute Gasteiger partial charge is 0.343 e. The van der Waals surface area contributed by atoms with Crippen molar-refractivity contribution in [2.24, 2.45) is 0 Å². The Morgan fingerprint density at radius 2 is 1.90 bits per heavy atom. The Bertz CT molecular complexity index is 981. The molecule has 0 unspecified atom stereocenters. The number of hydrogen-bond acceptors (Lipinski definition) is 5. The zero-order chi connectivity index (χ0) is 21.3. The van der Waals surface area contributed by atoms with Gasteiger partial charge in [0, 0.05) is 43.0 Å². The lowest BCUT2D eigenvalue weighted by Crippen LogP contribution is -2.39. The molecular weight excluding hydrogens is 450 g/mol. The van der Waals surface area contributed by atoms with Crippen LogP contribution in [0.25, 0.3) is 0 Å². The summed E-state index contributed by atoms with van der Waals surface area (Å²) in [5.41, 5.74) is 0.847. The van der Waals surface area contributed by atoms with E-state index in [1.54, 1.807) is 24.5 Å². The summed E-state index contributed by atoms with van der Waals surface area (Å²) in [6.45, 7) is 4.56. The summed E-state index contributed by atoms with van der Waals surface area (Å²) in [5.74, 6) is 0.834. The number of aromatic nitrogens is 3. The minimum Gasteiger partial charge on any atom is -0.343 e. The topological polar surface area (TPSA) is 88.4 Å². The fourth-order valence-electron chi connectivity index (χ4n) is 4.22. The van der Waals surface area contributed by atoms with E-state index in [1.807, 2.05) is 4.90 Å². The second-order valence-corrected chi connectivity index (χ2v) is 8.60. The van der Waals surface area contributed by atoms with Gasteiger partial charge in [-0.25, -0.2) is 0 Å². The van der Waals surface area contributed by atoms with Crippen molar-refractivity contribution in [3.05, 3.63) is 46.0 Å². The van der Waals surface area contributed by atoms with Crippen LogP contribution >= 0.6 is 15.9 Å². The Balaban J connectivity index is 1.26. The number of fused-ring (bicyclic) bond motifs is 1. The van der Waals surface area contributed by atoms with Gasteiger partial charge in [-0.1, -0.05) is 15.9 Å². The minimum absolute atomic E-state index is 0.0739. The van der Waals surface area contributed by atoms with Crippen LogP contribution in [0.5, 0.6) is 0 Å². The van der Waals surface area contributed by atoms with Crippen LogP contribution in [0.1, 0.15) is 65.1 Å². The molecule has 0 radical (unpaired) electrons. The summed E-state index contributed by atoms with van der Waals surface area (Å²) in [4.78, 5) is 40.7. The lowest BCUT2D eigenvalue weighted by atomic mass is 9.95. The molecule has 1 aromatic carbocycles. The highest BCUT2D eigenvalue weighted by molar-refractivity contribution is 9.10. The maximum Gasteiger partial charge on any atom is 0.261 e. The smallest absolute Gasteiger partial charge is 0.261 e. The van der Waals surface area contributed by atoms with Crippen molar-refractivity contribution in [3.8, 4) is 0 Å². The molecule has 0 atom stereocenters. The molecule has 1 aromatic heterocycles. The predicted molar refractivity (Wildman–Crippen MR) is 113 cm³/mol. The first-order valence-corrected chi connectivity index (χ1v) is 11.1. The van der Waals surface area contributed by atoms with E-state index >= 15 is 0 Å². The van der Waals surface area contributed by atoms with Gasteiger partial charge in [0.05, 0.1) is 11.1 Å². The number of hydrogen-bond donors (Lipinski definition) is 0. The molecule has 30 heavy (non-hydrogen) atoms. The first-order chi connectivity index (χ1) is 14.5. The van der Waals surface area contributed by atoms with Crippen molar-refractivity contribution in [2.45, 2.75) is 45.1 Å². The van der Waals surface area contributed by atoms with E-state index in [1.165, 1.54) is 4.90 Å². The molecule has 1 saturated heterocycles. The van der Waals surface area contributed by atoms with E-state index in [4.69, 9.17) is 0 Å². The summed E-state index contributed by atoms with van der Waals surface area (Å²) in [6, 6.07) is 5.09. The second-order valence-electron chi connectivity index (χ2n) is 7.69. The summed E-state index contributed by atoms with van der Waals surface area (Å²) < 4.78 is 2.82. The molecule has 0 aliphatic carbocycles. The van der Waals surface area contributed by atoms with Crippen LogP contribution in [0.4, 0.5) is 0 Å². The molecule has 0 N–H and O–H groups in total. The fourth-order valence-corrected chi connectivity index (χ4v) is 4.58. The Kier molecular flexibility index (Phi) is 5.99. The van der Waals surface area contributed by atoms with Crippen LogP contribution in [-0.4, -0.2) is 61.9 Å². The zero-order valence-electron chi connectivity index (χ0n) is 16.9. The van der Waals surface area contributed by atoms with E-state index in [0.717, 1.165) is 29.7 Å². The first-order valence-electron chi connectivity index (χ1n) is 10.3. The van der Waals surface area contributed by atoms with Crippen LogP contribution in [0.2, 0.25) is 0 Å². The fraction of sp³-hybridized carbons (Fsp3) is 0.476. The number of aryl methyl sites for hydroxylation is 1. The van der Waals surface area contributed by atoms with E-state index < -0.39 is 0 Å². The number of piperidine rings is 1. The molecule has 0 spiro atoms. The van der Waals surface area contributed by atoms with E-state index in [-0.39, 0.29) is 24.3 Å². The Hall–Kier alpha value is -2.55. The van der Waals surface area contributed by atoms with Gasteiger partial charge in [-0.15, -0.1) is 10.2 Å². The van der Waals surface area contributed by atoms with Gasteiger partial charge >= 0.3 is 0 Å². The van der Waals surface area contributed by atoms with Crippen molar-refractivity contribution < 1.29 is 14.4 Å². The highest BCUT2D eigenvalue weighted by Crippen LogP contribution is 2.28. The number of carbonyl (C=O) groups is 3. The Morgan fingerprint density at radius 1 is 1.17 bits per heavy atom. The zero-order valence-corrected chi connectivity index (χ0v) is 18.5. The quantitative estimate of drug-likeness (QED) is 0.601. The van der Waals surface area contributed by atoms with Crippen molar-refractivity contribution in [3.63, 3.8) is 0 Å². The van der Waals surface area contributed by atoms with Gasteiger partial charge in [0.15, 0.2) is 0 Å². The molecule has 0 saturated carbocycles. The molecule has 2 aliphatic heterocycles. The lowest BCUT2D eigenvalue weighted by Gasteiger charge is -2.31. The maximum absolute atomic E-state index is 12.6. The predicted octanol–water partition coefficient (Wildman–Crippen LogP) is 2.84. The molecule has 3 heterocycles. The molecule has 9 heteroatoms. The van der Waals surface area contributed by atoms with Crippen LogP contribution in [0.3, 0.4) is 0 Å². The second kappa shape index (κ2) is 8.67. The number of nitrogens with zero attached hydrogens (tertiary/aromatic N) is 5. The maximum atomic E-state index is 12.6. The Labute approximate surface area is 183 Å². The number of rotatable bonds is 6. The number of likely N-dealkylation sites (tertiary alicyclic amines) is 1. The monoisotopic (exact) mass is 473 g/mol. The molecule has 158 valence electrons. The Morgan fingerprint density at radius 3 is 2.63 bits per heavy atom. The van der Waals surface area contributed by atoms with Crippen LogP contribution in [0, 0.1) is 0 Å². The SMILES string of the molecule is CCn1cnnc1C1CCN(C(=O)CCCN2C(=O)c3ccc(Br)cc3C2=O)CC1. The molecule has 0 bridgehead atoms. The molecule has 8 nitrogen and oxygen atoms in total. The number of carbonyl (C=O) groups excluding carboxylic acids is 3. The molecule has 4 rings (SSSR count). The third-order valence-corrected chi connectivity index (χ3v) is 6.40. The van der Waals surface area contributed by atoms with Gasteiger partial charge in [0.1, 0.15) is 12.2 Å². The van der Waals surface area contributed by atoms with Gasteiger partial charge in [-0.3, -0.25) is 19.3 Å². The van der Waals surface area contributed by atoms with Gasteiger partial charge < -0.3 is 9.47 Å². The van der Waals surface area contributed by atoms with Crippen LogP contribution < -0.4 is 0 Å². The van der Waals surface area contributed by atoms with E-state index in [0.29, 0.717) is 43.0 Å². The average molecular weight is 474 g/mol. The first kappa shape index (κ1) is 20.7. The third kappa shape index (κ3) is 3.90. The van der Waals surface area contributed by atoms with Gasteiger partial charge in [0.2, 0.25) is 5.91 Å². The highest BCUT2D eigenvalue weighted by Gasteiger charge is 2.35.